The molecule has 2 aromatic heterocycles. The lowest BCUT2D eigenvalue weighted by molar-refractivity contribution is -0.385. The van der Waals surface area contributed by atoms with Crippen LogP contribution in [0.3, 0.4) is 0 Å². The monoisotopic (exact) mass is 436 g/mol. The summed E-state index contributed by atoms with van der Waals surface area (Å²) in [6.45, 7) is 4.04. The van der Waals surface area contributed by atoms with Crippen LogP contribution in [-0.4, -0.2) is 24.6 Å². The first-order valence-corrected chi connectivity index (χ1v) is 9.67. The summed E-state index contributed by atoms with van der Waals surface area (Å²) in [5, 5.41) is 30.4. The van der Waals surface area contributed by atoms with Gasteiger partial charge in [0.15, 0.2) is 17.2 Å². The van der Waals surface area contributed by atoms with Gasteiger partial charge in [0.25, 0.3) is 0 Å². The number of fused-ring (bicyclic) bond motifs is 1. The quantitative estimate of drug-likeness (QED) is 0.248. The zero-order valence-electron chi connectivity index (χ0n) is 16.7. The number of nitro benzene ring substituents is 1. The van der Waals surface area contributed by atoms with Gasteiger partial charge in [0.2, 0.25) is 0 Å². The largest absolute Gasteiger partial charge is 0.502 e. The Morgan fingerprint density at radius 1 is 1.19 bits per heavy atom. The summed E-state index contributed by atoms with van der Waals surface area (Å²) >= 11 is 6.17. The molecule has 0 bridgehead atoms. The molecule has 0 spiro atoms. The van der Waals surface area contributed by atoms with E-state index in [0.29, 0.717) is 22.1 Å². The minimum atomic E-state index is -0.644. The third-order valence-corrected chi connectivity index (χ3v) is 5.23. The topological polar surface area (TPSA) is 119 Å². The minimum absolute atomic E-state index is 0.0969. The van der Waals surface area contributed by atoms with E-state index in [0.717, 1.165) is 22.3 Å². The average molecular weight is 437 g/mol. The number of benzene rings is 2. The second-order valence-corrected chi connectivity index (χ2v) is 7.34. The fraction of sp³-hybridized carbons (Fsp3) is 0.143. The Morgan fingerprint density at radius 3 is 2.74 bits per heavy atom. The fourth-order valence-corrected chi connectivity index (χ4v) is 3.57. The van der Waals surface area contributed by atoms with Crippen molar-refractivity contribution in [3.05, 3.63) is 80.7 Å². The summed E-state index contributed by atoms with van der Waals surface area (Å²) in [5.41, 5.74) is 3.67. The maximum atomic E-state index is 11.0. The van der Waals surface area contributed by atoms with Crippen LogP contribution >= 0.6 is 11.6 Å². The molecule has 0 aliphatic carbocycles. The number of halogens is 1. The summed E-state index contributed by atoms with van der Waals surface area (Å²) in [6.07, 6.45) is 1.42. The highest BCUT2D eigenvalue weighted by molar-refractivity contribution is 6.30. The second kappa shape index (κ2) is 8.11. The van der Waals surface area contributed by atoms with Crippen LogP contribution in [0.4, 0.5) is 11.5 Å². The standard InChI is InChI=1S/C21H17ClN6O3/c1-12-13(2)27(16-5-3-4-15(22)9-16)21-19(12)20(23-11-24-21)26-25-10-14-6-7-18(29)17(8-14)28(30)31/h3-9,11,29H,10H2,1-2H3. The highest BCUT2D eigenvalue weighted by Gasteiger charge is 2.18. The van der Waals surface area contributed by atoms with Crippen molar-refractivity contribution in [2.45, 2.75) is 20.4 Å². The van der Waals surface area contributed by atoms with Crippen molar-refractivity contribution < 1.29 is 10.0 Å². The lowest BCUT2D eigenvalue weighted by Crippen LogP contribution is -1.98. The van der Waals surface area contributed by atoms with Gasteiger partial charge in [0.1, 0.15) is 6.33 Å². The van der Waals surface area contributed by atoms with Crippen LogP contribution in [0, 0.1) is 24.0 Å². The third kappa shape index (κ3) is 3.82. The Morgan fingerprint density at radius 2 is 2.00 bits per heavy atom. The number of nitro groups is 1. The number of hydrogen-bond donors (Lipinski definition) is 1. The Balaban J connectivity index is 1.72. The maximum Gasteiger partial charge on any atom is 0.311 e. The van der Waals surface area contributed by atoms with Crippen LogP contribution in [0.15, 0.2) is 59.0 Å². The highest BCUT2D eigenvalue weighted by Crippen LogP contribution is 2.33. The number of nitrogens with zero attached hydrogens (tertiary/aromatic N) is 6. The number of phenols is 1. The van der Waals surface area contributed by atoms with Crippen LogP contribution in [0.5, 0.6) is 5.75 Å². The summed E-state index contributed by atoms with van der Waals surface area (Å²) in [4.78, 5) is 19.1. The molecule has 0 unspecified atom stereocenters. The van der Waals surface area contributed by atoms with E-state index < -0.39 is 10.7 Å². The molecular formula is C21H17ClN6O3. The van der Waals surface area contributed by atoms with Gasteiger partial charge in [-0.05, 0) is 49.2 Å². The van der Waals surface area contributed by atoms with Gasteiger partial charge in [-0.25, -0.2) is 9.97 Å². The van der Waals surface area contributed by atoms with Crippen LogP contribution in [0.1, 0.15) is 16.8 Å². The first-order valence-electron chi connectivity index (χ1n) is 9.29. The Kier molecular flexibility index (Phi) is 5.35. The molecule has 0 amide bonds. The molecule has 1 N–H and O–H groups in total. The average Bonchev–Trinajstić information content (AvgIpc) is 3.00. The molecule has 31 heavy (non-hydrogen) atoms. The van der Waals surface area contributed by atoms with Crippen molar-refractivity contribution in [3.8, 4) is 11.4 Å². The number of hydrogen-bond acceptors (Lipinski definition) is 7. The van der Waals surface area contributed by atoms with E-state index in [-0.39, 0.29) is 12.2 Å². The molecule has 0 saturated heterocycles. The molecule has 2 heterocycles. The van der Waals surface area contributed by atoms with Gasteiger partial charge in [-0.2, -0.15) is 5.11 Å². The van der Waals surface area contributed by atoms with E-state index in [1.54, 1.807) is 12.1 Å². The van der Waals surface area contributed by atoms with Gasteiger partial charge in [-0.15, -0.1) is 5.11 Å². The van der Waals surface area contributed by atoms with Gasteiger partial charge < -0.3 is 5.11 Å². The number of azo groups is 1. The fourth-order valence-electron chi connectivity index (χ4n) is 3.38. The Labute approximate surface area is 181 Å². The van der Waals surface area contributed by atoms with Crippen molar-refractivity contribution >= 4 is 34.1 Å². The smallest absolute Gasteiger partial charge is 0.311 e. The van der Waals surface area contributed by atoms with E-state index in [9.17, 15) is 15.2 Å². The van der Waals surface area contributed by atoms with E-state index in [1.165, 1.54) is 18.5 Å². The lowest BCUT2D eigenvalue weighted by atomic mass is 10.2. The molecule has 0 aliphatic heterocycles. The maximum absolute atomic E-state index is 11.0. The molecule has 4 aromatic rings. The molecule has 0 saturated carbocycles. The zero-order valence-corrected chi connectivity index (χ0v) is 17.4. The predicted molar refractivity (Wildman–Crippen MR) is 116 cm³/mol. The summed E-state index contributed by atoms with van der Waals surface area (Å²) in [5.74, 6) is 0.0105. The van der Waals surface area contributed by atoms with Crippen LogP contribution in [-0.2, 0) is 6.54 Å². The van der Waals surface area contributed by atoms with E-state index in [1.807, 2.05) is 36.6 Å². The van der Waals surface area contributed by atoms with Gasteiger partial charge >= 0.3 is 5.69 Å². The van der Waals surface area contributed by atoms with E-state index in [4.69, 9.17) is 11.6 Å². The highest BCUT2D eigenvalue weighted by atomic mass is 35.5. The number of aromatic hydroxyl groups is 1. The van der Waals surface area contributed by atoms with E-state index in [2.05, 4.69) is 20.2 Å². The SMILES string of the molecule is Cc1c(C)n(-c2cccc(Cl)c2)c2ncnc(N=NCc3ccc(O)c([N+](=O)[O-])c3)c12. The molecule has 0 radical (unpaired) electrons. The van der Waals surface area contributed by atoms with Gasteiger partial charge in [-0.3, -0.25) is 14.7 Å². The van der Waals surface area contributed by atoms with Crippen molar-refractivity contribution in [2.75, 3.05) is 0 Å². The molecule has 2 aromatic carbocycles. The molecule has 0 atom stereocenters. The Hall–Kier alpha value is -3.85. The van der Waals surface area contributed by atoms with Gasteiger partial charge in [-0.1, -0.05) is 23.7 Å². The van der Waals surface area contributed by atoms with E-state index >= 15 is 0 Å². The number of phenolic OH excluding ortho intramolecular Hbond substituents is 1. The molecule has 10 heteroatoms. The second-order valence-electron chi connectivity index (χ2n) is 6.90. The molecule has 156 valence electrons. The summed E-state index contributed by atoms with van der Waals surface area (Å²) in [6, 6.07) is 11.6. The van der Waals surface area contributed by atoms with Crippen LogP contribution < -0.4 is 0 Å². The van der Waals surface area contributed by atoms with Gasteiger partial charge in [0, 0.05) is 22.5 Å². The molecule has 9 nitrogen and oxygen atoms in total. The predicted octanol–water partition coefficient (Wildman–Crippen LogP) is 5.59. The summed E-state index contributed by atoms with van der Waals surface area (Å²) in [7, 11) is 0. The number of rotatable bonds is 5. The minimum Gasteiger partial charge on any atom is -0.502 e. The third-order valence-electron chi connectivity index (χ3n) is 4.99. The first kappa shape index (κ1) is 20.4. The van der Waals surface area contributed by atoms with Crippen LogP contribution in [0.25, 0.3) is 16.7 Å². The normalized spacial score (nSPS) is 11.5. The molecule has 4 rings (SSSR count). The van der Waals surface area contributed by atoms with Crippen molar-refractivity contribution in [1.29, 1.82) is 0 Å². The van der Waals surface area contributed by atoms with Crippen molar-refractivity contribution in [1.82, 2.24) is 14.5 Å². The van der Waals surface area contributed by atoms with Crippen molar-refractivity contribution in [2.24, 2.45) is 10.2 Å². The first-order chi connectivity index (χ1) is 14.9. The molecular weight excluding hydrogens is 420 g/mol. The molecule has 0 fully saturated rings. The zero-order chi connectivity index (χ0) is 22.1. The molecule has 0 aliphatic rings. The Bertz CT molecular complexity index is 1350. The number of aromatic nitrogens is 3. The van der Waals surface area contributed by atoms with Crippen LogP contribution in [0.2, 0.25) is 5.02 Å². The van der Waals surface area contributed by atoms with Crippen molar-refractivity contribution in [3.63, 3.8) is 0 Å². The van der Waals surface area contributed by atoms with Gasteiger partial charge in [0.05, 0.1) is 16.9 Å². The lowest BCUT2D eigenvalue weighted by Gasteiger charge is -2.08. The number of aryl methyl sites for hydroxylation is 1. The summed E-state index contributed by atoms with van der Waals surface area (Å²) < 4.78 is 1.99.